The fourth-order valence-electron chi connectivity index (χ4n) is 4.86. The lowest BCUT2D eigenvalue weighted by atomic mass is 9.83. The van der Waals surface area contributed by atoms with Crippen LogP contribution < -0.4 is 4.74 Å². The van der Waals surface area contributed by atoms with Gasteiger partial charge < -0.3 is 4.74 Å². The number of rotatable bonds is 2. The molecule has 4 aromatic carbocycles. The molecule has 0 aliphatic carbocycles. The van der Waals surface area contributed by atoms with Gasteiger partial charge in [-0.2, -0.15) is 0 Å². The van der Waals surface area contributed by atoms with Gasteiger partial charge in [0.15, 0.2) is 11.5 Å². The van der Waals surface area contributed by atoms with E-state index in [0.717, 1.165) is 38.9 Å². The summed E-state index contributed by atoms with van der Waals surface area (Å²) in [5.41, 5.74) is 6.14. The molecule has 5 nitrogen and oxygen atoms in total. The molecule has 0 saturated carbocycles. The molecule has 0 radical (unpaired) electrons. The standard InChI is InChI=1S/C29H20N4O/c1-18-11-13-21(14-12-18)27-31-28-25-24(20-8-3-2-4-9-20)23-16-15-19-7-5-6-10-22(19)26(23)34-29(25)30-17-33(28)32-27/h2-17,24H,1H3/t24-/m1/s1. The van der Waals surface area contributed by atoms with Crippen LogP contribution in [0.1, 0.15) is 28.2 Å². The first-order chi connectivity index (χ1) is 16.8. The number of nitrogens with zero attached hydrogens (tertiary/aromatic N) is 4. The summed E-state index contributed by atoms with van der Waals surface area (Å²) in [6.07, 6.45) is 1.69. The van der Waals surface area contributed by atoms with Gasteiger partial charge in [-0.15, -0.1) is 5.10 Å². The molecular weight excluding hydrogens is 420 g/mol. The van der Waals surface area contributed by atoms with Gasteiger partial charge in [0, 0.05) is 22.4 Å². The van der Waals surface area contributed by atoms with Gasteiger partial charge in [-0.05, 0) is 17.9 Å². The number of aromatic nitrogens is 4. The Morgan fingerprint density at radius 3 is 2.47 bits per heavy atom. The van der Waals surface area contributed by atoms with Crippen molar-refractivity contribution in [3.05, 3.63) is 120 Å². The highest BCUT2D eigenvalue weighted by Gasteiger charge is 2.34. The normalized spacial score (nSPS) is 14.6. The van der Waals surface area contributed by atoms with Crippen LogP contribution in [0.4, 0.5) is 0 Å². The zero-order valence-electron chi connectivity index (χ0n) is 18.5. The maximum absolute atomic E-state index is 6.49. The van der Waals surface area contributed by atoms with E-state index in [-0.39, 0.29) is 5.92 Å². The van der Waals surface area contributed by atoms with Gasteiger partial charge in [-0.25, -0.2) is 14.5 Å². The topological polar surface area (TPSA) is 52.3 Å². The second-order valence-electron chi connectivity index (χ2n) is 8.68. The second kappa shape index (κ2) is 7.25. The largest absolute Gasteiger partial charge is 0.438 e. The molecule has 7 rings (SSSR count). The fraction of sp³-hybridized carbons (Fsp3) is 0.0690. The maximum Gasteiger partial charge on any atom is 0.228 e. The summed E-state index contributed by atoms with van der Waals surface area (Å²) in [7, 11) is 0. The lowest BCUT2D eigenvalue weighted by molar-refractivity contribution is 0.437. The third kappa shape index (κ3) is 2.83. The predicted molar refractivity (Wildman–Crippen MR) is 132 cm³/mol. The predicted octanol–water partition coefficient (Wildman–Crippen LogP) is 6.54. The van der Waals surface area contributed by atoms with Crippen LogP contribution in [0, 0.1) is 6.92 Å². The Morgan fingerprint density at radius 1 is 0.824 bits per heavy atom. The average molecular weight is 441 g/mol. The van der Waals surface area contributed by atoms with Crippen molar-refractivity contribution in [1.29, 1.82) is 0 Å². The van der Waals surface area contributed by atoms with Crippen LogP contribution in [-0.2, 0) is 0 Å². The number of hydrogen-bond donors (Lipinski definition) is 0. The van der Waals surface area contributed by atoms with Gasteiger partial charge in [0.25, 0.3) is 0 Å². The van der Waals surface area contributed by atoms with E-state index >= 15 is 0 Å². The van der Waals surface area contributed by atoms with Crippen molar-refractivity contribution in [3.63, 3.8) is 0 Å². The van der Waals surface area contributed by atoms with Crippen molar-refractivity contribution in [1.82, 2.24) is 19.6 Å². The number of hydrogen-bond acceptors (Lipinski definition) is 4. The Kier molecular flexibility index (Phi) is 4.05. The Hall–Kier alpha value is -4.51. The minimum Gasteiger partial charge on any atom is -0.438 e. The summed E-state index contributed by atoms with van der Waals surface area (Å²) in [5, 5.41) is 6.96. The summed E-state index contributed by atoms with van der Waals surface area (Å²) in [6, 6.07) is 31.4. The first-order valence-corrected chi connectivity index (χ1v) is 11.3. The fourth-order valence-corrected chi connectivity index (χ4v) is 4.86. The van der Waals surface area contributed by atoms with E-state index in [4.69, 9.17) is 14.8 Å². The Bertz CT molecular complexity index is 1690. The molecule has 5 heteroatoms. The lowest BCUT2D eigenvalue weighted by Crippen LogP contribution is -2.15. The van der Waals surface area contributed by atoms with Crippen LogP contribution in [-0.4, -0.2) is 19.6 Å². The zero-order chi connectivity index (χ0) is 22.6. The lowest BCUT2D eigenvalue weighted by Gasteiger charge is -2.28. The molecule has 0 amide bonds. The van der Waals surface area contributed by atoms with Gasteiger partial charge in [0.05, 0.1) is 5.56 Å². The Morgan fingerprint density at radius 2 is 1.62 bits per heavy atom. The van der Waals surface area contributed by atoms with Crippen LogP contribution in [0.15, 0.2) is 97.3 Å². The van der Waals surface area contributed by atoms with Crippen LogP contribution in [0.2, 0.25) is 0 Å². The Labute approximate surface area is 196 Å². The molecule has 1 aliphatic heterocycles. The highest BCUT2D eigenvalue weighted by molar-refractivity contribution is 5.91. The van der Waals surface area contributed by atoms with Crippen LogP contribution in [0.5, 0.6) is 11.6 Å². The van der Waals surface area contributed by atoms with E-state index in [1.165, 1.54) is 11.1 Å². The number of ether oxygens (including phenoxy) is 1. The van der Waals surface area contributed by atoms with E-state index in [1.54, 1.807) is 10.8 Å². The van der Waals surface area contributed by atoms with Gasteiger partial charge in [0.2, 0.25) is 5.88 Å². The van der Waals surface area contributed by atoms with Crippen molar-refractivity contribution < 1.29 is 4.74 Å². The highest BCUT2D eigenvalue weighted by Crippen LogP contribution is 2.50. The van der Waals surface area contributed by atoms with E-state index in [9.17, 15) is 0 Å². The summed E-state index contributed by atoms with van der Waals surface area (Å²) in [4.78, 5) is 9.66. The minimum atomic E-state index is -0.0733. The van der Waals surface area contributed by atoms with Crippen molar-refractivity contribution in [2.45, 2.75) is 12.8 Å². The average Bonchev–Trinajstić information content (AvgIpc) is 3.33. The number of fused-ring (bicyclic) bond motifs is 6. The third-order valence-corrected chi connectivity index (χ3v) is 6.54. The van der Waals surface area contributed by atoms with Crippen molar-refractivity contribution in [2.75, 3.05) is 0 Å². The molecule has 0 spiro atoms. The molecule has 1 aliphatic rings. The summed E-state index contributed by atoms with van der Waals surface area (Å²) in [6.45, 7) is 2.07. The minimum absolute atomic E-state index is 0.0733. The first-order valence-electron chi connectivity index (χ1n) is 11.3. The second-order valence-corrected chi connectivity index (χ2v) is 8.68. The van der Waals surface area contributed by atoms with Crippen molar-refractivity contribution in [3.8, 4) is 23.0 Å². The molecule has 2 aromatic heterocycles. The molecule has 3 heterocycles. The SMILES string of the molecule is Cc1ccc(-c2nc3c4c(ncn3n2)Oc2c(ccc3ccccc23)[C@H]4c2ccccc2)cc1. The van der Waals surface area contributed by atoms with E-state index in [1.807, 2.05) is 18.2 Å². The summed E-state index contributed by atoms with van der Waals surface area (Å²) in [5.74, 6) is 2.03. The van der Waals surface area contributed by atoms with Crippen molar-refractivity contribution >= 4 is 16.4 Å². The smallest absolute Gasteiger partial charge is 0.228 e. The van der Waals surface area contributed by atoms with E-state index in [2.05, 4.69) is 84.7 Å². The molecule has 1 atom stereocenters. The molecule has 34 heavy (non-hydrogen) atoms. The van der Waals surface area contributed by atoms with Gasteiger partial charge >= 0.3 is 0 Å². The molecule has 0 N–H and O–H groups in total. The van der Waals surface area contributed by atoms with Crippen LogP contribution in [0.3, 0.4) is 0 Å². The molecular formula is C29H20N4O. The first kappa shape index (κ1) is 19.0. The molecule has 0 unspecified atom stereocenters. The van der Waals surface area contributed by atoms with Crippen molar-refractivity contribution in [2.24, 2.45) is 0 Å². The van der Waals surface area contributed by atoms with Crippen LogP contribution in [0.25, 0.3) is 27.8 Å². The molecule has 0 fully saturated rings. The van der Waals surface area contributed by atoms with Gasteiger partial charge in [0.1, 0.15) is 12.1 Å². The number of benzene rings is 4. The molecule has 0 bridgehead atoms. The summed E-state index contributed by atoms with van der Waals surface area (Å²) >= 11 is 0. The summed E-state index contributed by atoms with van der Waals surface area (Å²) < 4.78 is 8.25. The maximum atomic E-state index is 6.49. The van der Waals surface area contributed by atoms with E-state index in [0.29, 0.717) is 11.7 Å². The third-order valence-electron chi connectivity index (χ3n) is 6.54. The molecule has 0 saturated heterocycles. The Balaban J connectivity index is 1.51. The van der Waals surface area contributed by atoms with Crippen LogP contribution >= 0.6 is 0 Å². The van der Waals surface area contributed by atoms with E-state index < -0.39 is 0 Å². The zero-order valence-corrected chi connectivity index (χ0v) is 18.5. The molecule has 6 aromatic rings. The number of aryl methyl sites for hydroxylation is 1. The van der Waals surface area contributed by atoms with Gasteiger partial charge in [-0.3, -0.25) is 0 Å². The molecule has 162 valence electrons. The van der Waals surface area contributed by atoms with Gasteiger partial charge in [-0.1, -0.05) is 96.6 Å². The quantitative estimate of drug-likeness (QED) is 0.306. The monoisotopic (exact) mass is 440 g/mol. The highest BCUT2D eigenvalue weighted by atomic mass is 16.5.